The van der Waals surface area contributed by atoms with Gasteiger partial charge in [0, 0.05) is 32.2 Å². The molecule has 1 saturated heterocycles. The molecule has 1 fully saturated rings. The third-order valence-electron chi connectivity index (χ3n) is 4.54. The molecule has 0 amide bonds. The van der Waals surface area contributed by atoms with Crippen LogP contribution in [0.25, 0.3) is 0 Å². The fourth-order valence-electron chi connectivity index (χ4n) is 3.44. The second-order valence-corrected chi connectivity index (χ2v) is 6.53. The van der Waals surface area contributed by atoms with Gasteiger partial charge in [0.05, 0.1) is 0 Å². The highest BCUT2D eigenvalue weighted by molar-refractivity contribution is 5.85. The predicted octanol–water partition coefficient (Wildman–Crippen LogP) is 4.73. The van der Waals surface area contributed by atoms with Gasteiger partial charge in [-0.1, -0.05) is 32.4 Å². The summed E-state index contributed by atoms with van der Waals surface area (Å²) in [7, 11) is 0. The van der Waals surface area contributed by atoms with Crippen LogP contribution in [-0.4, -0.2) is 43.6 Å². The Balaban J connectivity index is 0.00000338. The van der Waals surface area contributed by atoms with Crippen molar-refractivity contribution in [2.75, 3.05) is 26.2 Å². The van der Waals surface area contributed by atoms with E-state index in [0.717, 1.165) is 44.6 Å². The zero-order valence-corrected chi connectivity index (χ0v) is 15.9. The molecule has 2 rings (SSSR count). The van der Waals surface area contributed by atoms with Crippen molar-refractivity contribution in [2.45, 2.75) is 45.3 Å². The minimum atomic E-state index is -4.49. The zero-order valence-electron chi connectivity index (χ0n) is 15.1. The van der Waals surface area contributed by atoms with Gasteiger partial charge in [-0.15, -0.1) is 12.4 Å². The summed E-state index contributed by atoms with van der Waals surface area (Å²) in [6.45, 7) is 7.70. The third-order valence-corrected chi connectivity index (χ3v) is 4.54. The van der Waals surface area contributed by atoms with Crippen molar-refractivity contribution in [3.63, 3.8) is 0 Å². The normalized spacial score (nSPS) is 18.3. The molecule has 0 radical (unpaired) electrons. The standard InChI is InChI=1S/C18H26F4N2O.ClH/c1-3-5-13(2)16(24-10-8-23-9-11-24)14-6-4-7-15(12-14)25-18(21,22)17(19)20;/h4,6-7,12-13,16-17,23H,3,5,8-11H2,1-2H3;1H/t13?,16-;/m0./s1. The Hall–Kier alpha value is -1.05. The van der Waals surface area contributed by atoms with Gasteiger partial charge < -0.3 is 10.1 Å². The molecule has 3 nitrogen and oxygen atoms in total. The van der Waals surface area contributed by atoms with Crippen LogP contribution in [0.4, 0.5) is 17.6 Å². The number of hydrogen-bond acceptors (Lipinski definition) is 3. The smallest absolute Gasteiger partial charge is 0.428 e. The number of rotatable bonds is 8. The van der Waals surface area contributed by atoms with E-state index in [1.165, 1.54) is 12.1 Å². The van der Waals surface area contributed by atoms with Crippen molar-refractivity contribution in [1.29, 1.82) is 0 Å². The number of alkyl halides is 4. The van der Waals surface area contributed by atoms with E-state index in [9.17, 15) is 17.6 Å². The number of benzene rings is 1. The lowest BCUT2D eigenvalue weighted by molar-refractivity contribution is -0.253. The molecule has 0 bridgehead atoms. The summed E-state index contributed by atoms with van der Waals surface area (Å²) in [5.41, 5.74) is 0.824. The largest absolute Gasteiger partial charge is 0.461 e. The Labute approximate surface area is 158 Å². The lowest BCUT2D eigenvalue weighted by Gasteiger charge is -2.39. The molecular weight excluding hydrogens is 372 g/mol. The van der Waals surface area contributed by atoms with Crippen LogP contribution in [-0.2, 0) is 0 Å². The number of nitrogens with one attached hydrogen (secondary N) is 1. The van der Waals surface area contributed by atoms with Crippen molar-refractivity contribution in [1.82, 2.24) is 10.2 Å². The Morgan fingerprint density at radius 1 is 1.23 bits per heavy atom. The van der Waals surface area contributed by atoms with Crippen molar-refractivity contribution in [3.05, 3.63) is 29.8 Å². The van der Waals surface area contributed by atoms with E-state index in [2.05, 4.69) is 28.8 Å². The molecule has 8 heteroatoms. The molecule has 0 aliphatic carbocycles. The summed E-state index contributed by atoms with van der Waals surface area (Å²) in [6.07, 6.45) is -6.34. The van der Waals surface area contributed by atoms with Crippen LogP contribution in [0, 0.1) is 5.92 Å². The second kappa shape index (κ2) is 10.3. The van der Waals surface area contributed by atoms with E-state index in [4.69, 9.17) is 0 Å². The number of halogens is 5. The van der Waals surface area contributed by atoms with Gasteiger partial charge in [-0.25, -0.2) is 0 Å². The first-order valence-electron chi connectivity index (χ1n) is 8.75. The highest BCUT2D eigenvalue weighted by Crippen LogP contribution is 2.35. The number of hydrogen-bond donors (Lipinski definition) is 1. The Morgan fingerprint density at radius 3 is 2.46 bits per heavy atom. The molecule has 1 aromatic carbocycles. The highest BCUT2D eigenvalue weighted by atomic mass is 35.5. The molecule has 1 N–H and O–H groups in total. The van der Waals surface area contributed by atoms with Crippen LogP contribution in [0.3, 0.4) is 0 Å². The fourth-order valence-corrected chi connectivity index (χ4v) is 3.44. The first-order chi connectivity index (χ1) is 11.8. The first kappa shape index (κ1) is 23.0. The van der Waals surface area contributed by atoms with Crippen LogP contribution < -0.4 is 10.1 Å². The van der Waals surface area contributed by atoms with Gasteiger partial charge in [-0.3, -0.25) is 4.90 Å². The molecule has 0 spiro atoms. The average molecular weight is 399 g/mol. The minimum Gasteiger partial charge on any atom is -0.428 e. The summed E-state index contributed by atoms with van der Waals surface area (Å²) in [4.78, 5) is 2.32. The van der Waals surface area contributed by atoms with Crippen molar-refractivity contribution < 1.29 is 22.3 Å². The summed E-state index contributed by atoms with van der Waals surface area (Å²) in [5, 5.41) is 3.30. The summed E-state index contributed by atoms with van der Waals surface area (Å²) < 4.78 is 55.5. The van der Waals surface area contributed by atoms with E-state index in [1.54, 1.807) is 6.07 Å². The maximum absolute atomic E-state index is 13.2. The molecule has 1 heterocycles. The van der Waals surface area contributed by atoms with Crippen molar-refractivity contribution >= 4 is 12.4 Å². The second-order valence-electron chi connectivity index (χ2n) is 6.53. The molecule has 1 unspecified atom stereocenters. The van der Waals surface area contributed by atoms with Crippen LogP contribution >= 0.6 is 12.4 Å². The predicted molar refractivity (Wildman–Crippen MR) is 96.5 cm³/mol. The van der Waals surface area contributed by atoms with Crippen LogP contribution in [0.15, 0.2) is 24.3 Å². The first-order valence-corrected chi connectivity index (χ1v) is 8.75. The van der Waals surface area contributed by atoms with Gasteiger partial charge in [0.2, 0.25) is 0 Å². The van der Waals surface area contributed by atoms with Gasteiger partial charge in [0.15, 0.2) is 0 Å². The zero-order chi connectivity index (χ0) is 18.4. The topological polar surface area (TPSA) is 24.5 Å². The Kier molecular flexibility index (Phi) is 9.13. The maximum atomic E-state index is 13.2. The van der Waals surface area contributed by atoms with E-state index >= 15 is 0 Å². The Bertz CT molecular complexity index is 542. The fraction of sp³-hybridized carbons (Fsp3) is 0.667. The number of ether oxygens (including phenoxy) is 1. The molecule has 1 aliphatic heterocycles. The summed E-state index contributed by atoms with van der Waals surface area (Å²) >= 11 is 0. The summed E-state index contributed by atoms with van der Waals surface area (Å²) in [6, 6.07) is 6.24. The van der Waals surface area contributed by atoms with Gasteiger partial charge in [0.1, 0.15) is 5.75 Å². The number of piperazine rings is 1. The van der Waals surface area contributed by atoms with Crippen molar-refractivity contribution in [2.24, 2.45) is 5.92 Å². The van der Waals surface area contributed by atoms with E-state index < -0.39 is 12.5 Å². The van der Waals surface area contributed by atoms with Gasteiger partial charge >= 0.3 is 12.5 Å². The SMILES string of the molecule is CCCC(C)[C@@H](c1cccc(OC(F)(F)C(F)F)c1)N1CCNCC1.Cl. The van der Waals surface area contributed by atoms with Gasteiger partial charge in [-0.05, 0) is 30.0 Å². The minimum absolute atomic E-state index is 0. The molecule has 0 aromatic heterocycles. The molecule has 1 aromatic rings. The summed E-state index contributed by atoms with van der Waals surface area (Å²) in [5.74, 6) is 0.0839. The van der Waals surface area contributed by atoms with Gasteiger partial charge in [-0.2, -0.15) is 17.6 Å². The maximum Gasteiger partial charge on any atom is 0.461 e. The van der Waals surface area contributed by atoms with E-state index in [0.29, 0.717) is 5.92 Å². The monoisotopic (exact) mass is 398 g/mol. The van der Waals surface area contributed by atoms with Crippen molar-refractivity contribution in [3.8, 4) is 5.75 Å². The lowest BCUT2D eigenvalue weighted by atomic mass is 9.89. The highest BCUT2D eigenvalue weighted by Gasteiger charge is 2.44. The Morgan fingerprint density at radius 2 is 1.88 bits per heavy atom. The molecule has 1 aliphatic rings. The van der Waals surface area contributed by atoms with E-state index in [-0.39, 0.29) is 24.2 Å². The molecule has 2 atom stereocenters. The molecular formula is C18H27ClF4N2O. The molecule has 0 saturated carbocycles. The number of nitrogens with zero attached hydrogens (tertiary/aromatic N) is 1. The lowest BCUT2D eigenvalue weighted by Crippen LogP contribution is -2.46. The average Bonchev–Trinajstić information content (AvgIpc) is 2.56. The van der Waals surface area contributed by atoms with E-state index in [1.807, 2.05) is 6.07 Å². The molecule has 26 heavy (non-hydrogen) atoms. The third kappa shape index (κ3) is 5.99. The van der Waals surface area contributed by atoms with Crippen LogP contribution in [0.2, 0.25) is 0 Å². The molecule has 150 valence electrons. The quantitative estimate of drug-likeness (QED) is 0.641. The van der Waals surface area contributed by atoms with Crippen LogP contribution in [0.5, 0.6) is 5.75 Å². The van der Waals surface area contributed by atoms with Crippen LogP contribution in [0.1, 0.15) is 38.3 Å². The van der Waals surface area contributed by atoms with Gasteiger partial charge in [0.25, 0.3) is 0 Å².